The second-order valence-electron chi connectivity index (χ2n) is 31.5. The Morgan fingerprint density at radius 3 is 0.795 bits per heavy atom. The number of alkyl halides is 15. The summed E-state index contributed by atoms with van der Waals surface area (Å²) in [5.41, 5.74) is 20.9. The summed E-state index contributed by atoms with van der Waals surface area (Å²) in [7, 11) is 0. The molecule has 0 unspecified atom stereocenters. The molecule has 0 saturated heterocycles. The van der Waals surface area contributed by atoms with E-state index in [9.17, 15) is 130 Å². The van der Waals surface area contributed by atoms with Crippen molar-refractivity contribution < 1.29 is 163 Å². The Morgan fingerprint density at radius 2 is 0.598 bits per heavy atom. The Balaban J connectivity index is 0.000000213. The zero-order chi connectivity index (χ0) is 98.4. The van der Waals surface area contributed by atoms with Crippen LogP contribution < -0.4 is 52.5 Å². The number of amides is 6. The van der Waals surface area contributed by atoms with E-state index in [1.54, 1.807) is 0 Å². The SMILES string of the molecule is CC(C)(C)OC(=O)N(C[C@@H]1CCc2c(-c3ccc(F)cc3F)cc(C(N)=O)nc2O1)CC(F)(F)F.CC(C)(C)OC(=O)N(C[C@H]1CCc2c(-c3ccc(F)cc3F)cc(C(N)=O)nc2O1)CC(F)(F)F.NC(=O)c1cc(-c2ccc(F)cc2F)c2c(n1)O[C@@H](CNCC(F)(F)F)CC2.NC(=O)c1cc(-c2ccc(F)cc2F)c2c(n1)O[C@H](CNCC(F)(F)F)CC2.O=CC(F)(F)F. The number of nitrogens with two attached hydrogens (primary N) is 4. The van der Waals surface area contributed by atoms with E-state index in [-0.39, 0.29) is 130 Å². The monoisotopic (exact) mass is 1900 g/mol. The molecule has 4 aromatic heterocycles. The van der Waals surface area contributed by atoms with Crippen molar-refractivity contribution in [1.82, 2.24) is 40.4 Å². The fraction of sp³-hybridized carbons (Fsp3) is 0.393. The van der Waals surface area contributed by atoms with Crippen molar-refractivity contribution >= 4 is 42.1 Å². The first-order chi connectivity index (χ1) is 61.1. The Bertz CT molecular complexity index is 5210. The third-order valence-electron chi connectivity index (χ3n) is 18.6. The van der Waals surface area contributed by atoms with Crippen LogP contribution in [-0.2, 0) is 40.0 Å². The Morgan fingerprint density at radius 1 is 0.371 bits per heavy atom. The number of hydrogen-bond acceptors (Lipinski definition) is 19. The van der Waals surface area contributed by atoms with E-state index in [2.05, 4.69) is 30.6 Å². The summed E-state index contributed by atoms with van der Waals surface area (Å²) in [6, 6.07) is 16.9. The minimum atomic E-state index is -4.69. The molecule has 0 radical (unpaired) electrons. The highest BCUT2D eigenvalue weighted by Crippen LogP contribution is 2.43. The van der Waals surface area contributed by atoms with E-state index in [0.29, 0.717) is 82.0 Å². The van der Waals surface area contributed by atoms with Crippen LogP contribution in [0.2, 0.25) is 0 Å². The third kappa shape index (κ3) is 31.4. The number of carbonyl (C=O) groups excluding carboxylic acids is 7. The Hall–Kier alpha value is -12.9. The molecule has 8 heterocycles. The largest absolute Gasteiger partial charge is 0.473 e. The Kier molecular flexibility index (Phi) is 34.0. The number of primary amides is 4. The molecule has 25 nitrogen and oxygen atoms in total. The van der Waals surface area contributed by atoms with E-state index in [0.717, 1.165) is 24.3 Å². The molecule has 4 aliphatic rings. The van der Waals surface area contributed by atoms with Gasteiger partial charge in [-0.05, 0) is 188 Å². The van der Waals surface area contributed by atoms with Crippen LogP contribution in [0.4, 0.5) is 111 Å². The molecule has 0 saturated carbocycles. The van der Waals surface area contributed by atoms with Gasteiger partial charge in [-0.2, -0.15) is 65.9 Å². The second kappa shape index (κ2) is 43.0. The lowest BCUT2D eigenvalue weighted by molar-refractivity contribution is -0.156. The van der Waals surface area contributed by atoms with E-state index < -0.39 is 194 Å². The molecule has 0 aliphatic carbocycles. The molecule has 0 spiro atoms. The summed E-state index contributed by atoms with van der Waals surface area (Å²) in [5, 5.41) is 4.51. The predicted molar refractivity (Wildman–Crippen MR) is 421 cm³/mol. The number of nitrogens with one attached hydrogen (secondary N) is 2. The lowest BCUT2D eigenvalue weighted by Crippen LogP contribution is -2.47. The number of aromatic nitrogens is 4. The van der Waals surface area contributed by atoms with Crippen LogP contribution in [0, 0.1) is 46.5 Å². The summed E-state index contributed by atoms with van der Waals surface area (Å²) < 4.78 is 327. The highest BCUT2D eigenvalue weighted by Gasteiger charge is 2.42. The molecular formula is C84H81F23N12O13. The van der Waals surface area contributed by atoms with Gasteiger partial charge >= 0.3 is 43.1 Å². The van der Waals surface area contributed by atoms with Gasteiger partial charge in [0.2, 0.25) is 29.8 Å². The van der Waals surface area contributed by atoms with Crippen molar-refractivity contribution in [2.45, 2.75) is 159 Å². The normalized spacial score (nSPS) is 15.8. The quantitative estimate of drug-likeness (QED) is 0.0305. The van der Waals surface area contributed by atoms with Gasteiger partial charge in [-0.1, -0.05) is 0 Å². The molecule has 4 aromatic carbocycles. The standard InChI is InChI=1S/2C23H24F5N3O4.2C18H16F5N3O2.C2HF3O/c2*1-22(2,3)35-21(33)31(11-23(26,27)28)10-13-5-7-15-16(14-6-4-12(24)8-17(14)25)9-18(19(29)32)30-20(15)34-13;2*19-9-1-3-11(14(20)5-9)13-6-15(16(24)27)26-17-12(13)4-2-10(28-17)7-25-8-18(21,22)23;3-2(4,5)1-6/h2*4,6,8-9,13H,5,7,10-11H2,1-3H3,(H2,29,32);2*1,3,5-6,10,25H,2,4,7-8H2,(H2,24,27);1H/t2*13-;2*10-;/m1010./s1. The molecule has 10 N–H and O–H groups in total. The van der Waals surface area contributed by atoms with E-state index >= 15 is 0 Å². The van der Waals surface area contributed by atoms with Crippen molar-refractivity contribution in [1.29, 1.82) is 0 Å². The summed E-state index contributed by atoms with van der Waals surface area (Å²) in [6.45, 7) is 2.57. The maximum Gasteiger partial charge on any atom is 0.446 e. The molecule has 6 amide bonds. The summed E-state index contributed by atoms with van der Waals surface area (Å²) in [4.78, 5) is 97.3. The van der Waals surface area contributed by atoms with Crippen LogP contribution in [0.5, 0.6) is 23.5 Å². The van der Waals surface area contributed by atoms with Gasteiger partial charge in [0.25, 0.3) is 23.6 Å². The predicted octanol–water partition coefficient (Wildman–Crippen LogP) is 15.9. The number of hydrogen-bond donors (Lipinski definition) is 6. The smallest absolute Gasteiger partial charge is 0.446 e. The first-order valence-corrected chi connectivity index (χ1v) is 39.1. The van der Waals surface area contributed by atoms with E-state index in [4.69, 9.17) is 56.2 Å². The lowest BCUT2D eigenvalue weighted by atomic mass is 9.93. The number of benzene rings is 4. The van der Waals surface area contributed by atoms with Gasteiger partial charge < -0.3 is 62.0 Å². The van der Waals surface area contributed by atoms with Crippen LogP contribution in [0.25, 0.3) is 44.5 Å². The first kappa shape index (κ1) is 104. The van der Waals surface area contributed by atoms with Crippen molar-refractivity contribution in [3.05, 3.63) is 189 Å². The van der Waals surface area contributed by atoms with Crippen molar-refractivity contribution in [3.8, 4) is 68.0 Å². The fourth-order valence-corrected chi connectivity index (χ4v) is 13.2. The first-order valence-electron chi connectivity index (χ1n) is 39.1. The molecule has 0 bridgehead atoms. The molecule has 4 atom stereocenters. The van der Waals surface area contributed by atoms with Gasteiger partial charge in [0, 0.05) is 81.9 Å². The van der Waals surface area contributed by atoms with Gasteiger partial charge in [-0.25, -0.2) is 64.6 Å². The number of rotatable bonds is 20. The minimum absolute atomic E-state index is 0.0000775. The summed E-state index contributed by atoms with van der Waals surface area (Å²) in [5.74, 6) is -10.5. The Labute approximate surface area is 734 Å². The molecule has 8 aromatic rings. The number of aldehydes is 1. The van der Waals surface area contributed by atoms with Crippen molar-refractivity contribution in [2.24, 2.45) is 22.9 Å². The molecular weight excluding hydrogens is 1820 g/mol. The van der Waals surface area contributed by atoms with Crippen LogP contribution in [0.3, 0.4) is 0 Å². The maximum absolute atomic E-state index is 14.5. The second-order valence-corrected chi connectivity index (χ2v) is 31.5. The number of halogens is 23. The van der Waals surface area contributed by atoms with Gasteiger partial charge in [-0.3, -0.25) is 33.8 Å². The number of carbonyl (C=O) groups is 7. The van der Waals surface area contributed by atoms with Crippen LogP contribution in [-0.4, -0.2) is 191 Å². The lowest BCUT2D eigenvalue weighted by Gasteiger charge is -2.33. The highest BCUT2D eigenvalue weighted by molar-refractivity contribution is 5.95. The zero-order valence-electron chi connectivity index (χ0n) is 69.9. The topological polar surface area (TPSA) is 361 Å². The van der Waals surface area contributed by atoms with Crippen molar-refractivity contribution in [2.75, 3.05) is 52.4 Å². The van der Waals surface area contributed by atoms with Crippen LogP contribution >= 0.6 is 0 Å². The maximum atomic E-state index is 14.5. The fourth-order valence-electron chi connectivity index (χ4n) is 13.2. The molecule has 12 rings (SSSR count). The molecule has 0 fully saturated rings. The third-order valence-corrected chi connectivity index (χ3v) is 18.6. The number of nitrogens with zero attached hydrogens (tertiary/aromatic N) is 6. The molecule has 4 aliphatic heterocycles. The average Bonchev–Trinajstić information content (AvgIpc) is 0.786. The molecule has 132 heavy (non-hydrogen) atoms. The van der Waals surface area contributed by atoms with Crippen LogP contribution in [0.15, 0.2) is 97.1 Å². The van der Waals surface area contributed by atoms with Crippen LogP contribution in [0.1, 0.15) is 131 Å². The molecule has 48 heteroatoms. The van der Waals surface area contributed by atoms with Crippen molar-refractivity contribution in [3.63, 3.8) is 0 Å². The number of fused-ring (bicyclic) bond motifs is 4. The van der Waals surface area contributed by atoms with Gasteiger partial charge in [0.1, 0.15) is 118 Å². The average molecular weight is 1900 g/mol. The highest BCUT2D eigenvalue weighted by atomic mass is 19.4. The van der Waals surface area contributed by atoms with E-state index in [1.165, 1.54) is 90.1 Å². The van der Waals surface area contributed by atoms with Gasteiger partial charge in [-0.15, -0.1) is 0 Å². The number of pyridine rings is 4. The van der Waals surface area contributed by atoms with Gasteiger partial charge in [0.05, 0.1) is 26.2 Å². The van der Waals surface area contributed by atoms with E-state index in [1.807, 2.05) is 0 Å². The number of ether oxygens (including phenoxy) is 6. The van der Waals surface area contributed by atoms with Gasteiger partial charge in [0.15, 0.2) is 0 Å². The molecule has 716 valence electrons. The minimum Gasteiger partial charge on any atom is -0.473 e. The summed E-state index contributed by atoms with van der Waals surface area (Å²) >= 11 is 0. The summed E-state index contributed by atoms with van der Waals surface area (Å²) in [6.07, 6.45) is -27.2. The zero-order valence-corrected chi connectivity index (χ0v) is 69.9.